The molecule has 0 saturated carbocycles. The highest BCUT2D eigenvalue weighted by atomic mass is 35.5. The smallest absolute Gasteiger partial charge is 0.408 e. The molecule has 0 fully saturated rings. The lowest BCUT2D eigenvalue weighted by atomic mass is 10.0. The van der Waals surface area contributed by atoms with Gasteiger partial charge in [-0.15, -0.1) is 0 Å². The van der Waals surface area contributed by atoms with Crippen LogP contribution >= 0.6 is 24.2 Å². The van der Waals surface area contributed by atoms with Gasteiger partial charge < -0.3 is 20.5 Å². The van der Waals surface area contributed by atoms with Crippen LogP contribution in [0.25, 0.3) is 0 Å². The second-order valence-corrected chi connectivity index (χ2v) is 9.41. The minimum absolute atomic E-state index is 0.0340. The van der Waals surface area contributed by atoms with Gasteiger partial charge in [-0.1, -0.05) is 42.3 Å². The van der Waals surface area contributed by atoms with E-state index in [0.29, 0.717) is 21.8 Å². The van der Waals surface area contributed by atoms with Crippen molar-refractivity contribution < 1.29 is 24.2 Å². The van der Waals surface area contributed by atoms with Crippen LogP contribution in [0, 0.1) is 19.4 Å². The zero-order chi connectivity index (χ0) is 26.3. The molecule has 2 aromatic carbocycles. The van der Waals surface area contributed by atoms with E-state index in [1.54, 1.807) is 45.9 Å². The van der Waals surface area contributed by atoms with Gasteiger partial charge in [0.05, 0.1) is 10.7 Å². The quantitative estimate of drug-likeness (QED) is 0.249. The summed E-state index contributed by atoms with van der Waals surface area (Å²) < 4.78 is 5.22. The van der Waals surface area contributed by atoms with Gasteiger partial charge in [0.15, 0.2) is 0 Å². The summed E-state index contributed by atoms with van der Waals surface area (Å²) in [5, 5.41) is 15.2. The molecule has 2 aromatic rings. The first-order chi connectivity index (χ1) is 16.4. The Bertz CT molecular complexity index is 1110. The predicted molar refractivity (Wildman–Crippen MR) is 138 cm³/mol. The minimum Gasteiger partial charge on any atom is -0.508 e. The number of hydrogen-bond acceptors (Lipinski definition) is 6. The van der Waals surface area contributed by atoms with Crippen molar-refractivity contribution in [2.75, 3.05) is 11.1 Å². The number of para-hydroxylation sites is 1. The summed E-state index contributed by atoms with van der Waals surface area (Å²) in [6.07, 6.45) is 4.85. The molecule has 0 heterocycles. The number of rotatable bonds is 7. The lowest BCUT2D eigenvalue weighted by Gasteiger charge is -2.30. The van der Waals surface area contributed by atoms with E-state index in [1.165, 1.54) is 24.3 Å². The number of aryl methyl sites for hydroxylation is 1. The molecule has 35 heavy (non-hydrogen) atoms. The third-order valence-corrected chi connectivity index (χ3v) is 5.41. The molecule has 0 radical (unpaired) electrons. The number of benzene rings is 2. The SMILES string of the molecule is C#CN(C(=O)C(CS)NC(=O)OC(C)(C)C)C(C(=O)Nc1c(C)cccc1Cl)c1ccc(O)cc1. The van der Waals surface area contributed by atoms with E-state index >= 15 is 0 Å². The molecule has 0 aromatic heterocycles. The fourth-order valence-corrected chi connectivity index (χ4v) is 3.64. The zero-order valence-electron chi connectivity index (χ0n) is 19.8. The van der Waals surface area contributed by atoms with Gasteiger partial charge in [0.25, 0.3) is 11.8 Å². The van der Waals surface area contributed by atoms with Crippen molar-refractivity contribution in [3.63, 3.8) is 0 Å². The van der Waals surface area contributed by atoms with Gasteiger partial charge in [0.1, 0.15) is 23.4 Å². The number of phenols is 1. The summed E-state index contributed by atoms with van der Waals surface area (Å²) in [5.74, 6) is -1.54. The minimum atomic E-state index is -1.31. The number of anilines is 1. The van der Waals surface area contributed by atoms with Crippen molar-refractivity contribution in [2.45, 2.75) is 45.4 Å². The number of aromatic hydroxyl groups is 1. The summed E-state index contributed by atoms with van der Waals surface area (Å²) in [6, 6.07) is 10.5. The predicted octanol–water partition coefficient (Wildman–Crippen LogP) is 4.28. The van der Waals surface area contributed by atoms with Crippen LogP contribution in [-0.2, 0) is 14.3 Å². The second kappa shape index (κ2) is 11.9. The standard InChI is InChI=1S/C25H28ClN3O5S/c1-6-29(23(32)19(14-35)27-24(33)34-25(3,4)5)21(16-10-12-17(30)13-11-16)22(31)28-20-15(2)8-7-9-18(20)26/h1,7-13,19,21,30,35H,14H2,2-5H3,(H,27,33)(H,28,31). The lowest BCUT2D eigenvalue weighted by molar-refractivity contribution is -0.136. The molecule has 8 nitrogen and oxygen atoms in total. The van der Waals surface area contributed by atoms with E-state index < -0.39 is 35.6 Å². The Morgan fingerprint density at radius 2 is 1.83 bits per heavy atom. The van der Waals surface area contributed by atoms with Crippen LogP contribution in [0.4, 0.5) is 10.5 Å². The molecule has 0 aliphatic rings. The van der Waals surface area contributed by atoms with E-state index in [2.05, 4.69) is 29.3 Å². The Kier molecular flexibility index (Phi) is 9.46. The Balaban J connectivity index is 2.43. The number of carbonyl (C=O) groups excluding carboxylic acids is 3. The molecule has 0 aliphatic heterocycles. The molecular formula is C25H28ClN3O5S. The lowest BCUT2D eigenvalue weighted by Crippen LogP contribution is -2.51. The Morgan fingerprint density at radius 3 is 2.34 bits per heavy atom. The first-order valence-corrected chi connectivity index (χ1v) is 11.6. The fourth-order valence-electron chi connectivity index (χ4n) is 3.12. The number of nitrogens with zero attached hydrogens (tertiary/aromatic N) is 1. The molecule has 2 atom stereocenters. The maximum atomic E-state index is 13.5. The number of ether oxygens (including phenoxy) is 1. The highest BCUT2D eigenvalue weighted by Gasteiger charge is 2.36. The molecule has 3 N–H and O–H groups in total. The van der Waals surface area contributed by atoms with E-state index in [4.69, 9.17) is 22.8 Å². The molecule has 0 saturated heterocycles. The number of terminal acetylenes is 1. The summed E-state index contributed by atoms with van der Waals surface area (Å²) in [7, 11) is 0. The number of alkyl carbamates (subject to hydrolysis) is 1. The zero-order valence-corrected chi connectivity index (χ0v) is 21.5. The van der Waals surface area contributed by atoms with Crippen LogP contribution in [0.15, 0.2) is 42.5 Å². The Hall–Kier alpha value is -3.35. The van der Waals surface area contributed by atoms with Gasteiger partial charge in [-0.25, -0.2) is 4.79 Å². The third kappa shape index (κ3) is 7.57. The van der Waals surface area contributed by atoms with Crippen LogP contribution in [0.5, 0.6) is 5.75 Å². The van der Waals surface area contributed by atoms with Gasteiger partial charge >= 0.3 is 6.09 Å². The van der Waals surface area contributed by atoms with Gasteiger partial charge in [-0.3, -0.25) is 14.5 Å². The highest BCUT2D eigenvalue weighted by Crippen LogP contribution is 2.29. The first kappa shape index (κ1) is 27.9. The third-order valence-electron chi connectivity index (χ3n) is 4.73. The average molecular weight is 518 g/mol. The van der Waals surface area contributed by atoms with Crippen molar-refractivity contribution in [1.82, 2.24) is 10.2 Å². The molecule has 0 bridgehead atoms. The van der Waals surface area contributed by atoms with Gasteiger partial charge in [0, 0.05) is 11.8 Å². The molecule has 2 rings (SSSR count). The van der Waals surface area contributed by atoms with Crippen LogP contribution in [-0.4, -0.2) is 45.3 Å². The molecule has 186 valence electrons. The molecule has 0 aliphatic carbocycles. The van der Waals surface area contributed by atoms with Crippen LogP contribution in [0.3, 0.4) is 0 Å². The maximum Gasteiger partial charge on any atom is 0.408 e. The van der Waals surface area contributed by atoms with Gasteiger partial charge in [-0.2, -0.15) is 12.6 Å². The van der Waals surface area contributed by atoms with Gasteiger partial charge in [0.2, 0.25) is 0 Å². The summed E-state index contributed by atoms with van der Waals surface area (Å²) >= 11 is 10.4. The van der Waals surface area contributed by atoms with E-state index in [9.17, 15) is 19.5 Å². The number of carbonyl (C=O) groups is 3. The van der Waals surface area contributed by atoms with E-state index in [-0.39, 0.29) is 11.5 Å². The number of hydrogen-bond donors (Lipinski definition) is 4. The first-order valence-electron chi connectivity index (χ1n) is 10.6. The second-order valence-electron chi connectivity index (χ2n) is 8.63. The van der Waals surface area contributed by atoms with Gasteiger partial charge in [-0.05, 0) is 57.0 Å². The van der Waals surface area contributed by atoms with Crippen molar-refractivity contribution in [2.24, 2.45) is 0 Å². The molecule has 3 amide bonds. The summed E-state index contributed by atoms with van der Waals surface area (Å²) in [5.41, 5.74) is 0.603. The summed E-state index contributed by atoms with van der Waals surface area (Å²) in [4.78, 5) is 40.0. The van der Waals surface area contributed by atoms with Crippen molar-refractivity contribution >= 4 is 47.8 Å². The summed E-state index contributed by atoms with van der Waals surface area (Å²) in [6.45, 7) is 6.81. The monoisotopic (exact) mass is 517 g/mol. The normalized spacial score (nSPS) is 12.6. The molecule has 10 heteroatoms. The van der Waals surface area contributed by atoms with E-state index in [1.807, 2.05) is 0 Å². The Morgan fingerprint density at radius 1 is 1.20 bits per heavy atom. The van der Waals surface area contributed by atoms with Crippen molar-refractivity contribution in [3.8, 4) is 18.2 Å². The number of halogens is 1. The van der Waals surface area contributed by atoms with Crippen LogP contribution in [0.2, 0.25) is 5.02 Å². The number of phenolic OH excluding ortho intramolecular Hbond substituents is 1. The van der Waals surface area contributed by atoms with Crippen LogP contribution < -0.4 is 10.6 Å². The molecule has 0 spiro atoms. The Labute approximate surface area is 215 Å². The van der Waals surface area contributed by atoms with Crippen LogP contribution in [0.1, 0.15) is 37.9 Å². The highest BCUT2D eigenvalue weighted by molar-refractivity contribution is 7.80. The van der Waals surface area contributed by atoms with Crippen molar-refractivity contribution in [3.05, 3.63) is 58.6 Å². The molecule has 2 unspecified atom stereocenters. The number of nitrogens with one attached hydrogen (secondary N) is 2. The molecular weight excluding hydrogens is 490 g/mol. The largest absolute Gasteiger partial charge is 0.508 e. The topological polar surface area (TPSA) is 108 Å². The number of thiol groups is 1. The number of amides is 3. The van der Waals surface area contributed by atoms with E-state index in [0.717, 1.165) is 4.90 Å². The van der Waals surface area contributed by atoms with Crippen molar-refractivity contribution in [1.29, 1.82) is 0 Å². The maximum absolute atomic E-state index is 13.5. The average Bonchev–Trinajstić information content (AvgIpc) is 2.77. The fraction of sp³-hybridized carbons (Fsp3) is 0.320.